The van der Waals surface area contributed by atoms with E-state index >= 15 is 0 Å². The number of rotatable bonds is 2. The highest BCUT2D eigenvalue weighted by Gasteiger charge is 2.38. The van der Waals surface area contributed by atoms with E-state index in [9.17, 15) is 21.2 Å². The van der Waals surface area contributed by atoms with E-state index in [0.717, 1.165) is 12.1 Å². The van der Waals surface area contributed by atoms with Gasteiger partial charge in [-0.15, -0.1) is 0 Å². The van der Waals surface area contributed by atoms with Crippen LogP contribution in [0.2, 0.25) is 0 Å². The van der Waals surface area contributed by atoms with Crippen LogP contribution in [0.5, 0.6) is 0 Å². The Hall–Kier alpha value is -1.15. The largest absolute Gasteiger partial charge is 0.396 e. The van der Waals surface area contributed by atoms with Crippen molar-refractivity contribution < 1.29 is 21.2 Å². The Kier molecular flexibility index (Phi) is 3.10. The van der Waals surface area contributed by atoms with Crippen LogP contribution < -0.4 is 5.73 Å². The predicted molar refractivity (Wildman–Crippen MR) is 65.1 cm³/mol. The van der Waals surface area contributed by atoms with Gasteiger partial charge in [0.2, 0.25) is 0 Å². The second-order valence-corrected chi connectivity index (χ2v) is 8.71. The lowest BCUT2D eigenvalue weighted by molar-refractivity contribution is 0.579. The summed E-state index contributed by atoms with van der Waals surface area (Å²) in [4.78, 5) is -0.226. The van der Waals surface area contributed by atoms with E-state index in [1.807, 2.05) is 0 Å². The molecule has 2 N–H and O–H groups in total. The van der Waals surface area contributed by atoms with Gasteiger partial charge >= 0.3 is 0 Å². The molecular formula is C10H12FNO4S2. The minimum absolute atomic E-state index is 0.0522. The molecular weight excluding hydrogens is 281 g/mol. The second kappa shape index (κ2) is 4.20. The molecule has 0 amide bonds. The van der Waals surface area contributed by atoms with Gasteiger partial charge in [-0.1, -0.05) is 0 Å². The van der Waals surface area contributed by atoms with Gasteiger partial charge in [-0.2, -0.15) is 0 Å². The number of halogens is 1. The topological polar surface area (TPSA) is 94.3 Å². The molecule has 0 aliphatic carbocycles. The highest BCUT2D eigenvalue weighted by Crippen LogP contribution is 2.26. The smallest absolute Gasteiger partial charge is 0.182 e. The van der Waals surface area contributed by atoms with Gasteiger partial charge < -0.3 is 5.73 Å². The van der Waals surface area contributed by atoms with E-state index in [1.54, 1.807) is 0 Å². The summed E-state index contributed by atoms with van der Waals surface area (Å²) in [6.07, 6.45) is 0.0522. The standard InChI is InChI=1S/C10H12FNO4S2/c11-9-5-7(1-2-10(9)12)18(15,16)8-3-4-17(13,14)6-8/h1-2,5,8H,3-4,6,12H2. The van der Waals surface area contributed by atoms with Gasteiger partial charge in [0.15, 0.2) is 19.7 Å². The maximum Gasteiger partial charge on any atom is 0.182 e. The summed E-state index contributed by atoms with van der Waals surface area (Å²) in [6, 6.07) is 3.18. The highest BCUT2D eigenvalue weighted by atomic mass is 32.2. The Morgan fingerprint density at radius 1 is 1.33 bits per heavy atom. The van der Waals surface area contributed by atoms with E-state index in [0.29, 0.717) is 0 Å². The van der Waals surface area contributed by atoms with Crippen molar-refractivity contribution in [2.45, 2.75) is 16.6 Å². The number of hydrogen-bond donors (Lipinski definition) is 1. The average Bonchev–Trinajstić information content (AvgIpc) is 2.63. The molecule has 100 valence electrons. The van der Waals surface area contributed by atoms with Crippen molar-refractivity contribution in [1.29, 1.82) is 0 Å². The van der Waals surface area contributed by atoms with E-state index < -0.39 is 36.5 Å². The third kappa shape index (κ3) is 2.35. The van der Waals surface area contributed by atoms with Gasteiger partial charge in [-0.3, -0.25) is 0 Å². The average molecular weight is 293 g/mol. The lowest BCUT2D eigenvalue weighted by atomic mass is 10.3. The first kappa shape index (κ1) is 13.3. The molecule has 0 bridgehead atoms. The summed E-state index contributed by atoms with van der Waals surface area (Å²) >= 11 is 0. The summed E-state index contributed by atoms with van der Waals surface area (Å²) in [5.74, 6) is -1.37. The van der Waals surface area contributed by atoms with E-state index in [1.165, 1.54) is 6.07 Å². The molecule has 0 radical (unpaired) electrons. The van der Waals surface area contributed by atoms with Gasteiger partial charge in [0, 0.05) is 0 Å². The van der Waals surface area contributed by atoms with Crippen LogP contribution in [0.25, 0.3) is 0 Å². The molecule has 8 heteroatoms. The van der Waals surface area contributed by atoms with Crippen molar-refractivity contribution >= 4 is 25.4 Å². The monoisotopic (exact) mass is 293 g/mol. The minimum Gasteiger partial charge on any atom is -0.396 e. The van der Waals surface area contributed by atoms with Crippen molar-refractivity contribution in [1.82, 2.24) is 0 Å². The Balaban J connectivity index is 2.40. The van der Waals surface area contributed by atoms with Crippen LogP contribution in [-0.4, -0.2) is 33.6 Å². The summed E-state index contributed by atoms with van der Waals surface area (Å²) in [5, 5.41) is -0.995. The molecule has 18 heavy (non-hydrogen) atoms. The molecule has 0 spiro atoms. The van der Waals surface area contributed by atoms with E-state index in [4.69, 9.17) is 5.73 Å². The third-order valence-electron chi connectivity index (χ3n) is 2.93. The first-order valence-corrected chi connectivity index (χ1v) is 8.58. The molecule has 1 unspecified atom stereocenters. The highest BCUT2D eigenvalue weighted by molar-refractivity contribution is 7.96. The normalized spacial score (nSPS) is 23.1. The number of nitrogen functional groups attached to an aromatic ring is 1. The lowest BCUT2D eigenvalue weighted by Crippen LogP contribution is -2.22. The first-order valence-electron chi connectivity index (χ1n) is 5.22. The van der Waals surface area contributed by atoms with Crippen molar-refractivity contribution in [3.63, 3.8) is 0 Å². The fourth-order valence-electron chi connectivity index (χ4n) is 1.88. The van der Waals surface area contributed by atoms with Crippen LogP contribution in [-0.2, 0) is 19.7 Å². The summed E-state index contributed by atoms with van der Waals surface area (Å²) in [5.41, 5.74) is 5.12. The van der Waals surface area contributed by atoms with Crippen LogP contribution >= 0.6 is 0 Å². The molecule has 0 saturated carbocycles. The molecule has 0 aromatic heterocycles. The molecule has 5 nitrogen and oxygen atoms in total. The van der Waals surface area contributed by atoms with Crippen LogP contribution in [0.1, 0.15) is 6.42 Å². The van der Waals surface area contributed by atoms with E-state index in [-0.39, 0.29) is 22.8 Å². The van der Waals surface area contributed by atoms with Gasteiger partial charge in [-0.05, 0) is 24.6 Å². The van der Waals surface area contributed by atoms with Gasteiger partial charge in [-0.25, -0.2) is 21.2 Å². The van der Waals surface area contributed by atoms with Crippen LogP contribution in [0.15, 0.2) is 23.1 Å². The Morgan fingerprint density at radius 3 is 2.50 bits per heavy atom. The number of nitrogens with two attached hydrogens (primary N) is 1. The predicted octanol–water partition coefficient (Wildman–Crippen LogP) is 0.369. The zero-order valence-electron chi connectivity index (χ0n) is 9.34. The van der Waals surface area contributed by atoms with E-state index in [2.05, 4.69) is 0 Å². The van der Waals surface area contributed by atoms with Crippen LogP contribution in [0.3, 0.4) is 0 Å². The molecule has 1 aromatic carbocycles. The second-order valence-electron chi connectivity index (χ2n) is 4.25. The molecule has 1 aromatic rings. The molecule has 1 aliphatic rings. The number of benzene rings is 1. The van der Waals surface area contributed by atoms with Crippen LogP contribution in [0.4, 0.5) is 10.1 Å². The molecule has 1 heterocycles. The van der Waals surface area contributed by atoms with Crippen molar-refractivity contribution in [3.05, 3.63) is 24.0 Å². The maximum atomic E-state index is 13.2. The zero-order valence-corrected chi connectivity index (χ0v) is 11.0. The Bertz CT molecular complexity index is 682. The van der Waals surface area contributed by atoms with Crippen molar-refractivity contribution in [3.8, 4) is 0 Å². The third-order valence-corrected chi connectivity index (χ3v) is 7.10. The molecule has 2 rings (SSSR count). The molecule has 1 aliphatic heterocycles. The number of hydrogen-bond acceptors (Lipinski definition) is 5. The number of sulfone groups is 2. The van der Waals surface area contributed by atoms with Crippen molar-refractivity contribution in [2.75, 3.05) is 17.2 Å². The maximum absolute atomic E-state index is 13.2. The van der Waals surface area contributed by atoms with Gasteiger partial charge in [0.1, 0.15) is 5.82 Å². The minimum atomic E-state index is -3.82. The summed E-state index contributed by atoms with van der Waals surface area (Å²) in [6.45, 7) is 0. The quantitative estimate of drug-likeness (QED) is 0.795. The van der Waals surface area contributed by atoms with Crippen molar-refractivity contribution in [2.24, 2.45) is 0 Å². The Labute approximate surface area is 105 Å². The molecule has 1 atom stereocenters. The summed E-state index contributed by atoms with van der Waals surface area (Å²) < 4.78 is 60.0. The van der Waals surface area contributed by atoms with Crippen LogP contribution in [0, 0.1) is 5.82 Å². The molecule has 1 saturated heterocycles. The fourth-order valence-corrected chi connectivity index (χ4v) is 6.25. The lowest BCUT2D eigenvalue weighted by Gasteiger charge is -2.10. The fraction of sp³-hybridized carbons (Fsp3) is 0.400. The number of anilines is 1. The zero-order chi connectivity index (χ0) is 13.6. The Morgan fingerprint density at radius 2 is 2.00 bits per heavy atom. The SMILES string of the molecule is Nc1ccc(S(=O)(=O)C2CCS(=O)(=O)C2)cc1F. The first-order chi connectivity index (χ1) is 8.22. The van der Waals surface area contributed by atoms with Gasteiger partial charge in [0.05, 0.1) is 27.3 Å². The van der Waals surface area contributed by atoms with Gasteiger partial charge in [0.25, 0.3) is 0 Å². The molecule has 1 fully saturated rings. The summed E-state index contributed by atoms with van der Waals surface area (Å²) in [7, 11) is -7.13.